The van der Waals surface area contributed by atoms with Crippen molar-refractivity contribution in [3.05, 3.63) is 53.6 Å². The van der Waals surface area contributed by atoms with E-state index < -0.39 is 0 Å². The molecule has 1 fully saturated rings. The molecule has 0 aliphatic carbocycles. The topological polar surface area (TPSA) is 64.5 Å². The fraction of sp³-hybridized carbons (Fsp3) is 0.300. The molecule has 27 heavy (non-hydrogen) atoms. The fourth-order valence-corrected chi connectivity index (χ4v) is 3.46. The molecular weight excluding hydrogens is 362 g/mol. The Morgan fingerprint density at radius 2 is 1.63 bits per heavy atom. The third-order valence-electron chi connectivity index (χ3n) is 4.75. The number of rotatable bonds is 5. The number of halogens is 1. The molecule has 1 saturated heterocycles. The second kappa shape index (κ2) is 7.98. The van der Waals surface area contributed by atoms with Gasteiger partial charge in [-0.05, 0) is 36.4 Å². The molecule has 0 saturated carbocycles. The maximum Gasteiger partial charge on any atom is 0.228 e. The van der Waals surface area contributed by atoms with Crippen molar-refractivity contribution in [3.63, 3.8) is 0 Å². The number of piperazine rings is 1. The van der Waals surface area contributed by atoms with Gasteiger partial charge in [-0.3, -0.25) is 0 Å². The Bertz CT molecular complexity index is 910. The lowest BCUT2D eigenvalue weighted by Crippen LogP contribution is -2.47. The zero-order valence-electron chi connectivity index (χ0n) is 15.0. The minimum Gasteiger partial charge on any atom is -0.395 e. The third kappa shape index (κ3) is 3.91. The van der Waals surface area contributed by atoms with E-state index in [2.05, 4.69) is 27.2 Å². The van der Waals surface area contributed by atoms with Gasteiger partial charge in [0.15, 0.2) is 0 Å². The van der Waals surface area contributed by atoms with Crippen LogP contribution in [-0.4, -0.2) is 54.4 Å². The summed E-state index contributed by atoms with van der Waals surface area (Å²) in [5.41, 5.74) is 2.09. The summed E-state index contributed by atoms with van der Waals surface area (Å²) < 4.78 is 0. The largest absolute Gasteiger partial charge is 0.395 e. The number of aliphatic hydroxyl groups excluding tert-OH is 1. The van der Waals surface area contributed by atoms with E-state index in [-0.39, 0.29) is 6.61 Å². The van der Waals surface area contributed by atoms with Crippen LogP contribution in [0.3, 0.4) is 0 Å². The number of fused-ring (bicyclic) bond motifs is 1. The number of nitrogens with one attached hydrogen (secondary N) is 1. The number of aromatic nitrogens is 2. The van der Waals surface area contributed by atoms with Crippen LogP contribution in [0.2, 0.25) is 5.02 Å². The molecule has 0 amide bonds. The van der Waals surface area contributed by atoms with Crippen molar-refractivity contribution in [1.82, 2.24) is 9.97 Å². The van der Waals surface area contributed by atoms with E-state index in [1.54, 1.807) is 0 Å². The number of para-hydroxylation sites is 1. The average molecular weight is 384 g/mol. The molecule has 4 rings (SSSR count). The second-order valence-electron chi connectivity index (χ2n) is 6.49. The zero-order valence-corrected chi connectivity index (χ0v) is 15.7. The summed E-state index contributed by atoms with van der Waals surface area (Å²) in [6.07, 6.45) is 0. The molecule has 6 nitrogen and oxygen atoms in total. The van der Waals surface area contributed by atoms with E-state index >= 15 is 0 Å². The number of aliphatic hydroxyl groups is 1. The minimum atomic E-state index is 0.0629. The first kappa shape index (κ1) is 17.8. The number of hydrogen-bond donors (Lipinski definition) is 2. The molecule has 0 radical (unpaired) electrons. The fourth-order valence-electron chi connectivity index (χ4n) is 3.33. The van der Waals surface area contributed by atoms with Gasteiger partial charge in [-0.2, -0.15) is 4.98 Å². The van der Waals surface area contributed by atoms with Gasteiger partial charge in [0, 0.05) is 48.8 Å². The van der Waals surface area contributed by atoms with Gasteiger partial charge < -0.3 is 20.2 Å². The van der Waals surface area contributed by atoms with Crippen LogP contribution < -0.4 is 15.1 Å². The van der Waals surface area contributed by atoms with Crippen molar-refractivity contribution in [2.45, 2.75) is 0 Å². The molecule has 2 N–H and O–H groups in total. The molecule has 0 spiro atoms. The molecule has 1 aliphatic rings. The second-order valence-corrected chi connectivity index (χ2v) is 6.93. The first-order valence-electron chi connectivity index (χ1n) is 9.11. The van der Waals surface area contributed by atoms with Gasteiger partial charge in [-0.25, -0.2) is 4.98 Å². The summed E-state index contributed by atoms with van der Waals surface area (Å²) in [7, 11) is 0. The van der Waals surface area contributed by atoms with Gasteiger partial charge in [0.05, 0.1) is 12.1 Å². The summed E-state index contributed by atoms with van der Waals surface area (Å²) in [6.45, 7) is 4.02. The lowest BCUT2D eigenvalue weighted by atomic mass is 10.2. The highest BCUT2D eigenvalue weighted by Gasteiger charge is 2.20. The Hall–Kier alpha value is -2.57. The van der Waals surface area contributed by atoms with Crippen molar-refractivity contribution in [3.8, 4) is 0 Å². The maximum atomic E-state index is 9.14. The first-order chi connectivity index (χ1) is 13.2. The Morgan fingerprint density at radius 1 is 0.926 bits per heavy atom. The maximum absolute atomic E-state index is 9.14. The molecule has 1 aliphatic heterocycles. The highest BCUT2D eigenvalue weighted by molar-refractivity contribution is 6.30. The summed E-state index contributed by atoms with van der Waals surface area (Å²) in [5.74, 6) is 1.50. The molecule has 0 atom stereocenters. The highest BCUT2D eigenvalue weighted by Crippen LogP contribution is 2.25. The van der Waals surface area contributed by atoms with E-state index in [9.17, 15) is 0 Å². The van der Waals surface area contributed by atoms with E-state index in [4.69, 9.17) is 26.7 Å². The quantitative estimate of drug-likeness (QED) is 0.706. The van der Waals surface area contributed by atoms with Crippen LogP contribution in [0.5, 0.6) is 0 Å². The van der Waals surface area contributed by atoms with Crippen LogP contribution in [0, 0.1) is 0 Å². The van der Waals surface area contributed by atoms with Crippen LogP contribution >= 0.6 is 11.6 Å². The number of hydrogen-bond acceptors (Lipinski definition) is 6. The predicted molar refractivity (Wildman–Crippen MR) is 111 cm³/mol. The summed E-state index contributed by atoms with van der Waals surface area (Å²) in [4.78, 5) is 14.0. The Kier molecular flexibility index (Phi) is 5.27. The lowest BCUT2D eigenvalue weighted by Gasteiger charge is -2.36. The molecule has 3 aromatic rings. The number of benzene rings is 2. The van der Waals surface area contributed by atoms with E-state index in [0.29, 0.717) is 6.54 Å². The van der Waals surface area contributed by atoms with Gasteiger partial charge in [0.25, 0.3) is 0 Å². The summed E-state index contributed by atoms with van der Waals surface area (Å²) in [6, 6.07) is 15.9. The zero-order chi connectivity index (χ0) is 18.6. The molecule has 7 heteroatoms. The van der Waals surface area contributed by atoms with Crippen molar-refractivity contribution in [2.24, 2.45) is 0 Å². The Balaban J connectivity index is 1.53. The smallest absolute Gasteiger partial charge is 0.228 e. The minimum absolute atomic E-state index is 0.0629. The molecular formula is C20H22ClN5O. The first-order valence-corrected chi connectivity index (χ1v) is 9.49. The van der Waals surface area contributed by atoms with Crippen molar-refractivity contribution >= 4 is 40.0 Å². The average Bonchev–Trinajstić information content (AvgIpc) is 2.72. The monoisotopic (exact) mass is 383 g/mol. The van der Waals surface area contributed by atoms with Crippen molar-refractivity contribution in [1.29, 1.82) is 0 Å². The Morgan fingerprint density at radius 3 is 2.37 bits per heavy atom. The van der Waals surface area contributed by atoms with Crippen LogP contribution in [0.15, 0.2) is 48.5 Å². The summed E-state index contributed by atoms with van der Waals surface area (Å²) in [5, 5.41) is 14.1. The van der Waals surface area contributed by atoms with E-state index in [0.717, 1.165) is 53.9 Å². The van der Waals surface area contributed by atoms with E-state index in [1.807, 2.05) is 36.4 Å². The van der Waals surface area contributed by atoms with Crippen LogP contribution in [0.25, 0.3) is 10.9 Å². The third-order valence-corrected chi connectivity index (χ3v) is 5.00. The van der Waals surface area contributed by atoms with Gasteiger partial charge in [-0.15, -0.1) is 0 Å². The van der Waals surface area contributed by atoms with Gasteiger partial charge >= 0.3 is 0 Å². The Labute approximate surface area is 163 Å². The lowest BCUT2D eigenvalue weighted by molar-refractivity contribution is 0.311. The van der Waals surface area contributed by atoms with Crippen LogP contribution in [-0.2, 0) is 0 Å². The molecule has 1 aromatic heterocycles. The molecule has 2 aromatic carbocycles. The van der Waals surface area contributed by atoms with Crippen LogP contribution in [0.1, 0.15) is 0 Å². The van der Waals surface area contributed by atoms with Gasteiger partial charge in [-0.1, -0.05) is 23.7 Å². The van der Waals surface area contributed by atoms with Gasteiger partial charge in [0.1, 0.15) is 5.82 Å². The summed E-state index contributed by atoms with van der Waals surface area (Å²) >= 11 is 5.99. The van der Waals surface area contributed by atoms with Crippen molar-refractivity contribution in [2.75, 3.05) is 54.4 Å². The number of nitrogens with zero attached hydrogens (tertiary/aromatic N) is 4. The SMILES string of the molecule is OCCNc1nc(N2CCN(c3ccc(Cl)cc3)CC2)nc2ccccc12. The molecule has 0 bridgehead atoms. The molecule has 140 valence electrons. The van der Waals surface area contributed by atoms with Crippen molar-refractivity contribution < 1.29 is 5.11 Å². The highest BCUT2D eigenvalue weighted by atomic mass is 35.5. The van der Waals surface area contributed by atoms with E-state index in [1.165, 1.54) is 5.69 Å². The van der Waals surface area contributed by atoms with Crippen LogP contribution in [0.4, 0.5) is 17.5 Å². The normalized spacial score (nSPS) is 14.6. The molecule has 0 unspecified atom stereocenters. The molecule has 2 heterocycles. The standard InChI is InChI=1S/C20H22ClN5O/c21-15-5-7-16(8-6-15)25-10-12-26(13-11-25)20-23-18-4-2-1-3-17(18)19(24-20)22-9-14-27/h1-8,27H,9-14H2,(H,22,23,24). The predicted octanol–water partition coefficient (Wildman–Crippen LogP) is 3.01. The number of anilines is 3. The van der Waals surface area contributed by atoms with Gasteiger partial charge in [0.2, 0.25) is 5.95 Å².